The van der Waals surface area contributed by atoms with E-state index in [0.29, 0.717) is 12.5 Å². The summed E-state index contributed by atoms with van der Waals surface area (Å²) in [4.78, 5) is 15.1. The SMILES string of the molecule is CC(C)CN1CCC(C(=O)N[C@H]2CCOc3ccccc32)CC1. The number of nitrogens with one attached hydrogen (secondary N) is 1. The Kier molecular flexibility index (Phi) is 5.21. The normalized spacial score (nSPS) is 22.5. The molecule has 23 heavy (non-hydrogen) atoms. The molecule has 1 fully saturated rings. The molecule has 2 heterocycles. The summed E-state index contributed by atoms with van der Waals surface area (Å²) in [5.41, 5.74) is 1.12. The zero-order valence-electron chi connectivity index (χ0n) is 14.3. The third-order valence-electron chi connectivity index (χ3n) is 4.86. The zero-order valence-corrected chi connectivity index (χ0v) is 14.3. The zero-order chi connectivity index (χ0) is 16.2. The van der Waals surface area contributed by atoms with Gasteiger partial charge in [-0.15, -0.1) is 0 Å². The summed E-state index contributed by atoms with van der Waals surface area (Å²) < 4.78 is 5.67. The van der Waals surface area contributed by atoms with Crippen molar-refractivity contribution in [3.63, 3.8) is 0 Å². The van der Waals surface area contributed by atoms with Gasteiger partial charge in [0.15, 0.2) is 0 Å². The first kappa shape index (κ1) is 16.3. The average molecular weight is 316 g/mol. The molecule has 0 aromatic heterocycles. The van der Waals surface area contributed by atoms with Crippen LogP contribution in [0.2, 0.25) is 0 Å². The van der Waals surface area contributed by atoms with Gasteiger partial charge in [0.25, 0.3) is 0 Å². The van der Waals surface area contributed by atoms with Gasteiger partial charge in [-0.3, -0.25) is 4.79 Å². The molecule has 0 spiro atoms. The predicted molar refractivity (Wildman–Crippen MR) is 91.4 cm³/mol. The highest BCUT2D eigenvalue weighted by Crippen LogP contribution is 2.32. The third kappa shape index (κ3) is 4.05. The molecule has 2 aliphatic heterocycles. The Morgan fingerprint density at radius 3 is 2.74 bits per heavy atom. The van der Waals surface area contributed by atoms with Crippen molar-refractivity contribution in [1.82, 2.24) is 10.2 Å². The Balaban J connectivity index is 1.55. The predicted octanol–water partition coefficient (Wildman–Crippen LogP) is 2.99. The number of ether oxygens (including phenoxy) is 1. The number of carbonyl (C=O) groups is 1. The van der Waals surface area contributed by atoms with Crippen LogP contribution < -0.4 is 10.1 Å². The minimum atomic E-state index is 0.0983. The number of para-hydroxylation sites is 1. The lowest BCUT2D eigenvalue weighted by atomic mass is 9.93. The minimum absolute atomic E-state index is 0.0983. The molecule has 0 bridgehead atoms. The number of hydrogen-bond acceptors (Lipinski definition) is 3. The molecule has 4 heteroatoms. The van der Waals surface area contributed by atoms with Gasteiger partial charge in [0.2, 0.25) is 5.91 Å². The second-order valence-electron chi connectivity index (χ2n) is 7.20. The van der Waals surface area contributed by atoms with Gasteiger partial charge < -0.3 is 15.0 Å². The molecule has 1 saturated heterocycles. The van der Waals surface area contributed by atoms with Gasteiger partial charge in [0, 0.05) is 24.4 Å². The highest BCUT2D eigenvalue weighted by Gasteiger charge is 2.29. The largest absolute Gasteiger partial charge is 0.493 e. The molecule has 1 amide bonds. The molecular weight excluding hydrogens is 288 g/mol. The van der Waals surface area contributed by atoms with E-state index in [1.54, 1.807) is 0 Å². The van der Waals surface area contributed by atoms with Crippen LogP contribution in [0.25, 0.3) is 0 Å². The monoisotopic (exact) mass is 316 g/mol. The second-order valence-corrected chi connectivity index (χ2v) is 7.20. The quantitative estimate of drug-likeness (QED) is 0.928. The number of nitrogens with zero attached hydrogens (tertiary/aromatic N) is 1. The maximum atomic E-state index is 12.6. The lowest BCUT2D eigenvalue weighted by Crippen LogP contribution is -2.43. The van der Waals surface area contributed by atoms with E-state index in [4.69, 9.17) is 4.74 Å². The van der Waals surface area contributed by atoms with Crippen molar-refractivity contribution in [1.29, 1.82) is 0 Å². The van der Waals surface area contributed by atoms with Crippen LogP contribution >= 0.6 is 0 Å². The highest BCUT2D eigenvalue weighted by molar-refractivity contribution is 5.79. The summed E-state index contributed by atoms with van der Waals surface area (Å²) in [6, 6.07) is 8.13. The molecule has 4 nitrogen and oxygen atoms in total. The van der Waals surface area contributed by atoms with Crippen LogP contribution in [-0.2, 0) is 4.79 Å². The van der Waals surface area contributed by atoms with Gasteiger partial charge in [-0.1, -0.05) is 32.0 Å². The van der Waals surface area contributed by atoms with Crippen LogP contribution in [0.15, 0.2) is 24.3 Å². The van der Waals surface area contributed by atoms with Crippen LogP contribution in [0.1, 0.15) is 44.7 Å². The van der Waals surface area contributed by atoms with E-state index < -0.39 is 0 Å². The Hall–Kier alpha value is -1.55. The maximum Gasteiger partial charge on any atom is 0.223 e. The Morgan fingerprint density at radius 1 is 1.26 bits per heavy atom. The molecule has 2 aliphatic rings. The lowest BCUT2D eigenvalue weighted by Gasteiger charge is -2.34. The molecule has 0 saturated carbocycles. The van der Waals surface area contributed by atoms with E-state index in [9.17, 15) is 4.79 Å². The van der Waals surface area contributed by atoms with Crippen molar-refractivity contribution in [3.8, 4) is 5.75 Å². The summed E-state index contributed by atoms with van der Waals surface area (Å²) >= 11 is 0. The first-order valence-electron chi connectivity index (χ1n) is 8.88. The average Bonchev–Trinajstić information content (AvgIpc) is 2.55. The van der Waals surface area contributed by atoms with Crippen LogP contribution in [0.3, 0.4) is 0 Å². The molecule has 126 valence electrons. The number of amides is 1. The van der Waals surface area contributed by atoms with E-state index in [2.05, 4.69) is 30.1 Å². The van der Waals surface area contributed by atoms with Gasteiger partial charge >= 0.3 is 0 Å². The fourth-order valence-corrected chi connectivity index (χ4v) is 3.68. The smallest absolute Gasteiger partial charge is 0.223 e. The van der Waals surface area contributed by atoms with Gasteiger partial charge in [-0.2, -0.15) is 0 Å². The summed E-state index contributed by atoms with van der Waals surface area (Å²) in [6.45, 7) is 8.40. The molecule has 1 aromatic carbocycles. The van der Waals surface area contributed by atoms with Crippen molar-refractivity contribution in [2.75, 3.05) is 26.2 Å². The minimum Gasteiger partial charge on any atom is -0.493 e. The molecule has 1 N–H and O–H groups in total. The number of benzene rings is 1. The number of hydrogen-bond donors (Lipinski definition) is 1. The van der Waals surface area contributed by atoms with Crippen LogP contribution in [-0.4, -0.2) is 37.0 Å². The summed E-state index contributed by atoms with van der Waals surface area (Å²) in [5.74, 6) is 1.99. The number of carbonyl (C=O) groups excluding carboxylic acids is 1. The van der Waals surface area contributed by atoms with Crippen molar-refractivity contribution in [2.24, 2.45) is 11.8 Å². The first-order chi connectivity index (χ1) is 11.1. The molecule has 0 aliphatic carbocycles. The van der Waals surface area contributed by atoms with Crippen LogP contribution in [0, 0.1) is 11.8 Å². The Morgan fingerprint density at radius 2 is 2.00 bits per heavy atom. The first-order valence-corrected chi connectivity index (χ1v) is 8.88. The van der Waals surface area contributed by atoms with Crippen LogP contribution in [0.5, 0.6) is 5.75 Å². The van der Waals surface area contributed by atoms with Gasteiger partial charge in [-0.05, 0) is 37.9 Å². The van der Waals surface area contributed by atoms with Crippen molar-refractivity contribution in [3.05, 3.63) is 29.8 Å². The van der Waals surface area contributed by atoms with Crippen LogP contribution in [0.4, 0.5) is 0 Å². The third-order valence-corrected chi connectivity index (χ3v) is 4.86. The van der Waals surface area contributed by atoms with Gasteiger partial charge in [0.05, 0.1) is 12.6 Å². The fraction of sp³-hybridized carbons (Fsp3) is 0.632. The summed E-state index contributed by atoms with van der Waals surface area (Å²) in [5, 5.41) is 3.26. The van der Waals surface area contributed by atoms with E-state index >= 15 is 0 Å². The molecular formula is C19H28N2O2. The van der Waals surface area contributed by atoms with E-state index in [1.807, 2.05) is 18.2 Å². The number of likely N-dealkylation sites (tertiary alicyclic amines) is 1. The highest BCUT2D eigenvalue weighted by atomic mass is 16.5. The summed E-state index contributed by atoms with van der Waals surface area (Å²) in [6.07, 6.45) is 2.81. The molecule has 1 aromatic rings. The molecule has 3 rings (SSSR count). The molecule has 0 unspecified atom stereocenters. The van der Waals surface area contributed by atoms with Crippen molar-refractivity contribution in [2.45, 2.75) is 39.2 Å². The standard InChI is InChI=1S/C19H28N2O2/c1-14(2)13-21-10-7-15(8-11-21)19(22)20-17-9-12-23-18-6-4-3-5-16(17)18/h3-6,14-15,17H,7-13H2,1-2H3,(H,20,22)/t17-/m0/s1. The second kappa shape index (κ2) is 7.35. The molecule has 1 atom stereocenters. The van der Waals surface area contributed by atoms with E-state index in [-0.39, 0.29) is 17.9 Å². The Labute approximate surface area is 139 Å². The number of piperidine rings is 1. The van der Waals surface area contributed by atoms with Crippen molar-refractivity contribution < 1.29 is 9.53 Å². The van der Waals surface area contributed by atoms with E-state index in [1.165, 1.54) is 0 Å². The molecule has 0 radical (unpaired) electrons. The van der Waals surface area contributed by atoms with Gasteiger partial charge in [0.1, 0.15) is 5.75 Å². The number of fused-ring (bicyclic) bond motifs is 1. The van der Waals surface area contributed by atoms with Crippen molar-refractivity contribution >= 4 is 5.91 Å². The topological polar surface area (TPSA) is 41.6 Å². The number of rotatable bonds is 4. The fourth-order valence-electron chi connectivity index (χ4n) is 3.68. The maximum absolute atomic E-state index is 12.6. The van der Waals surface area contributed by atoms with E-state index in [0.717, 1.165) is 50.2 Å². The van der Waals surface area contributed by atoms with Gasteiger partial charge in [-0.25, -0.2) is 0 Å². The lowest BCUT2D eigenvalue weighted by molar-refractivity contribution is -0.127. The summed E-state index contributed by atoms with van der Waals surface area (Å²) in [7, 11) is 0. The Bertz CT molecular complexity index is 536.